The molecule has 0 unspecified atom stereocenters. The third kappa shape index (κ3) is 3.67. The number of hydrogen-bond acceptors (Lipinski definition) is 8. The average molecular weight is 390 g/mol. The van der Waals surface area contributed by atoms with Crippen LogP contribution in [0.15, 0.2) is 21.3 Å². The zero-order chi connectivity index (χ0) is 20.4. The molecule has 0 aliphatic heterocycles. The van der Waals surface area contributed by atoms with Crippen LogP contribution in [0.25, 0.3) is 11.0 Å². The Bertz CT molecular complexity index is 974. The van der Waals surface area contributed by atoms with Crippen molar-refractivity contribution < 1.29 is 33.0 Å². The Kier molecular flexibility index (Phi) is 5.58. The molecule has 2 aromatic rings. The van der Waals surface area contributed by atoms with E-state index >= 15 is 0 Å². The van der Waals surface area contributed by atoms with Gasteiger partial charge in [-0.15, -0.1) is 0 Å². The number of esters is 2. The van der Waals surface area contributed by atoms with Gasteiger partial charge in [0.1, 0.15) is 17.1 Å². The highest BCUT2D eigenvalue weighted by Gasteiger charge is 2.26. The first-order chi connectivity index (χ1) is 13.3. The van der Waals surface area contributed by atoms with Crippen LogP contribution in [0.3, 0.4) is 0 Å². The summed E-state index contributed by atoms with van der Waals surface area (Å²) < 4.78 is 26.3. The van der Waals surface area contributed by atoms with E-state index in [0.717, 1.165) is 12.0 Å². The number of rotatable bonds is 6. The van der Waals surface area contributed by atoms with E-state index in [1.165, 1.54) is 27.2 Å². The second-order valence-electron chi connectivity index (χ2n) is 6.56. The first-order valence-electron chi connectivity index (χ1n) is 8.97. The van der Waals surface area contributed by atoms with E-state index < -0.39 is 29.8 Å². The maximum absolute atomic E-state index is 12.3. The fraction of sp³-hybridized carbons (Fsp3) is 0.450. The molecule has 0 spiro atoms. The first-order valence-corrected chi connectivity index (χ1v) is 8.97. The molecule has 1 aliphatic carbocycles. The Morgan fingerprint density at radius 3 is 2.21 bits per heavy atom. The van der Waals surface area contributed by atoms with E-state index in [1.54, 1.807) is 13.0 Å². The van der Waals surface area contributed by atoms with E-state index in [-0.39, 0.29) is 11.3 Å². The molecule has 0 bridgehead atoms. The fourth-order valence-corrected chi connectivity index (χ4v) is 3.33. The van der Waals surface area contributed by atoms with E-state index in [4.69, 9.17) is 18.6 Å². The van der Waals surface area contributed by atoms with Gasteiger partial charge >= 0.3 is 17.6 Å². The van der Waals surface area contributed by atoms with Crippen LogP contribution in [-0.4, -0.2) is 38.4 Å². The van der Waals surface area contributed by atoms with Crippen molar-refractivity contribution in [3.05, 3.63) is 33.7 Å². The highest BCUT2D eigenvalue weighted by atomic mass is 16.6. The fourth-order valence-electron chi connectivity index (χ4n) is 3.33. The molecule has 8 nitrogen and oxygen atoms in total. The number of carbonyl (C=O) groups is 2. The van der Waals surface area contributed by atoms with Crippen LogP contribution in [0.2, 0.25) is 0 Å². The summed E-state index contributed by atoms with van der Waals surface area (Å²) in [6.07, 6.45) is 0.416. The molecule has 150 valence electrons. The molecule has 0 amide bonds. The van der Waals surface area contributed by atoms with Crippen molar-refractivity contribution in [1.29, 1.82) is 0 Å². The van der Waals surface area contributed by atoms with Gasteiger partial charge in [0.15, 0.2) is 12.2 Å². The van der Waals surface area contributed by atoms with Gasteiger partial charge in [0, 0.05) is 17.7 Å². The highest BCUT2D eigenvalue weighted by Crippen LogP contribution is 2.38. The smallest absolute Gasteiger partial charge is 0.346 e. The summed E-state index contributed by atoms with van der Waals surface area (Å²) in [5, 5.41) is 0.626. The van der Waals surface area contributed by atoms with E-state index in [1.807, 2.05) is 0 Å². The molecule has 0 saturated carbocycles. The standard InChI is InChI=1S/C20H22O8/c1-10(18(21)24-3)26-12-8-15(27-11(2)19(22)25-4)17-13-6-5-7-14(13)20(23)28-16(17)9-12/h8-11H,5-7H2,1-4H3/t10-,11-/m0/s1. The van der Waals surface area contributed by atoms with Gasteiger partial charge in [-0.1, -0.05) is 0 Å². The zero-order valence-corrected chi connectivity index (χ0v) is 16.2. The van der Waals surface area contributed by atoms with Gasteiger partial charge < -0.3 is 23.4 Å². The lowest BCUT2D eigenvalue weighted by atomic mass is 10.1. The van der Waals surface area contributed by atoms with Gasteiger partial charge in [0.25, 0.3) is 0 Å². The molecule has 0 radical (unpaired) electrons. The molecule has 1 aromatic carbocycles. The number of ether oxygens (including phenoxy) is 4. The molecule has 2 atom stereocenters. The normalized spacial score (nSPS) is 14.9. The minimum atomic E-state index is -0.884. The second-order valence-corrected chi connectivity index (χ2v) is 6.56. The summed E-state index contributed by atoms with van der Waals surface area (Å²) >= 11 is 0. The van der Waals surface area contributed by atoms with Gasteiger partial charge in [-0.25, -0.2) is 14.4 Å². The maximum Gasteiger partial charge on any atom is 0.346 e. The van der Waals surface area contributed by atoms with Crippen molar-refractivity contribution in [1.82, 2.24) is 0 Å². The van der Waals surface area contributed by atoms with Crippen LogP contribution in [0.1, 0.15) is 31.4 Å². The molecule has 1 aliphatic rings. The summed E-state index contributed by atoms with van der Waals surface area (Å²) in [4.78, 5) is 35.8. The Hall–Kier alpha value is -3.03. The lowest BCUT2D eigenvalue weighted by Crippen LogP contribution is -2.26. The largest absolute Gasteiger partial charge is 0.479 e. The third-order valence-corrected chi connectivity index (χ3v) is 4.69. The molecule has 8 heteroatoms. The van der Waals surface area contributed by atoms with Crippen LogP contribution in [0, 0.1) is 0 Å². The highest BCUT2D eigenvalue weighted by molar-refractivity contribution is 5.90. The van der Waals surface area contributed by atoms with Gasteiger partial charge in [-0.05, 0) is 38.7 Å². The predicted octanol–water partition coefficient (Wildman–Crippen LogP) is 2.16. The molecule has 28 heavy (non-hydrogen) atoms. The summed E-state index contributed by atoms with van der Waals surface area (Å²) in [6.45, 7) is 3.09. The van der Waals surface area contributed by atoms with Crippen LogP contribution in [-0.2, 0) is 31.9 Å². The van der Waals surface area contributed by atoms with Gasteiger partial charge in [-0.3, -0.25) is 0 Å². The van der Waals surface area contributed by atoms with Crippen molar-refractivity contribution in [2.45, 2.75) is 45.3 Å². The Morgan fingerprint density at radius 2 is 1.57 bits per heavy atom. The van der Waals surface area contributed by atoms with Crippen molar-refractivity contribution in [2.24, 2.45) is 0 Å². The number of carbonyl (C=O) groups excluding carboxylic acids is 2. The van der Waals surface area contributed by atoms with Crippen molar-refractivity contribution in [2.75, 3.05) is 14.2 Å². The lowest BCUT2D eigenvalue weighted by Gasteiger charge is -2.18. The van der Waals surface area contributed by atoms with Crippen LogP contribution in [0.4, 0.5) is 0 Å². The average Bonchev–Trinajstić information content (AvgIpc) is 3.16. The minimum absolute atomic E-state index is 0.249. The zero-order valence-electron chi connectivity index (χ0n) is 16.2. The minimum Gasteiger partial charge on any atom is -0.479 e. The van der Waals surface area contributed by atoms with Crippen LogP contribution in [0.5, 0.6) is 11.5 Å². The van der Waals surface area contributed by atoms with Crippen LogP contribution >= 0.6 is 0 Å². The lowest BCUT2D eigenvalue weighted by molar-refractivity contribution is -0.148. The molecular weight excluding hydrogens is 368 g/mol. The number of hydrogen-bond donors (Lipinski definition) is 0. The maximum atomic E-state index is 12.3. The quantitative estimate of drug-likeness (QED) is 0.546. The summed E-state index contributed by atoms with van der Waals surface area (Å²) in [6, 6.07) is 3.10. The Labute approximate surface area is 161 Å². The van der Waals surface area contributed by atoms with Gasteiger partial charge in [0.2, 0.25) is 0 Å². The van der Waals surface area contributed by atoms with E-state index in [2.05, 4.69) is 4.74 Å². The predicted molar refractivity (Wildman–Crippen MR) is 98.7 cm³/mol. The van der Waals surface area contributed by atoms with Crippen molar-refractivity contribution >= 4 is 22.9 Å². The SMILES string of the molecule is COC(=O)[C@H](C)Oc1cc(O[C@@H](C)C(=O)OC)c2c3c(c(=O)oc2c1)CCC3. The summed E-state index contributed by atoms with van der Waals surface area (Å²) in [5.74, 6) is -0.528. The molecular formula is C20H22O8. The molecule has 1 heterocycles. The molecule has 1 aromatic heterocycles. The molecule has 0 saturated heterocycles. The Morgan fingerprint density at radius 1 is 0.964 bits per heavy atom. The topological polar surface area (TPSA) is 101 Å². The van der Waals surface area contributed by atoms with E-state index in [0.29, 0.717) is 29.5 Å². The Balaban J connectivity index is 2.12. The second kappa shape index (κ2) is 7.92. The number of fused-ring (bicyclic) bond motifs is 3. The van der Waals surface area contributed by atoms with Gasteiger partial charge in [0.05, 0.1) is 19.6 Å². The number of benzene rings is 1. The van der Waals surface area contributed by atoms with Crippen molar-refractivity contribution in [3.8, 4) is 11.5 Å². The summed E-state index contributed by atoms with van der Waals surface area (Å²) in [5.41, 5.74) is 1.35. The molecule has 0 fully saturated rings. The first kappa shape index (κ1) is 19.7. The number of methoxy groups -OCH3 is 2. The molecule has 0 N–H and O–H groups in total. The van der Waals surface area contributed by atoms with E-state index in [9.17, 15) is 14.4 Å². The van der Waals surface area contributed by atoms with Gasteiger partial charge in [-0.2, -0.15) is 0 Å². The monoisotopic (exact) mass is 390 g/mol. The molecule has 3 rings (SSSR count). The summed E-state index contributed by atoms with van der Waals surface area (Å²) in [7, 11) is 2.53. The third-order valence-electron chi connectivity index (χ3n) is 4.69. The number of aryl methyl sites for hydroxylation is 1. The van der Waals surface area contributed by atoms with Crippen molar-refractivity contribution in [3.63, 3.8) is 0 Å². The van der Waals surface area contributed by atoms with Crippen LogP contribution < -0.4 is 15.1 Å².